The number of piperazine rings is 1. The molecule has 0 unspecified atom stereocenters. The summed E-state index contributed by atoms with van der Waals surface area (Å²) in [6, 6.07) is 8.11. The van der Waals surface area contributed by atoms with Gasteiger partial charge < -0.3 is 10.6 Å². The lowest BCUT2D eigenvalue weighted by molar-refractivity contribution is 0.118. The van der Waals surface area contributed by atoms with Crippen molar-refractivity contribution in [1.82, 2.24) is 14.9 Å². The van der Waals surface area contributed by atoms with E-state index >= 15 is 0 Å². The van der Waals surface area contributed by atoms with E-state index in [1.54, 1.807) is 0 Å². The molecule has 3 rings (SSSR count). The number of aromatic nitrogens is 2. The molecule has 0 atom stereocenters. The molecule has 0 bridgehead atoms. The molecule has 21 heavy (non-hydrogen) atoms. The van der Waals surface area contributed by atoms with Gasteiger partial charge in [-0.05, 0) is 19.9 Å². The summed E-state index contributed by atoms with van der Waals surface area (Å²) in [5.74, 6) is 0.832. The van der Waals surface area contributed by atoms with Gasteiger partial charge in [0.25, 0.3) is 0 Å². The number of nitrogens with two attached hydrogens (primary N) is 1. The summed E-state index contributed by atoms with van der Waals surface area (Å²) in [6.07, 6.45) is 1.91. The summed E-state index contributed by atoms with van der Waals surface area (Å²) in [6.45, 7) is 8.98. The van der Waals surface area contributed by atoms with Gasteiger partial charge in [-0.1, -0.05) is 18.2 Å². The van der Waals surface area contributed by atoms with E-state index in [0.29, 0.717) is 6.54 Å². The number of hydrogen-bond acceptors (Lipinski definition) is 5. The van der Waals surface area contributed by atoms with E-state index in [1.807, 2.05) is 30.5 Å². The Kier molecular flexibility index (Phi) is 3.78. The van der Waals surface area contributed by atoms with Crippen molar-refractivity contribution in [2.45, 2.75) is 19.4 Å². The molecule has 2 N–H and O–H groups in total. The van der Waals surface area contributed by atoms with Gasteiger partial charge in [0.05, 0.1) is 5.52 Å². The van der Waals surface area contributed by atoms with E-state index in [0.717, 1.165) is 43.0 Å². The smallest absolute Gasteiger partial charge is 0.225 e. The fourth-order valence-electron chi connectivity index (χ4n) is 2.76. The summed E-state index contributed by atoms with van der Waals surface area (Å²) in [5.41, 5.74) is 6.94. The van der Waals surface area contributed by atoms with Gasteiger partial charge in [-0.15, -0.1) is 0 Å². The van der Waals surface area contributed by atoms with Crippen LogP contribution in [0.2, 0.25) is 0 Å². The standard InChI is InChI=1S/C16H23N5/c1-16(2,12-17)21-9-7-20(8-10-21)15-18-11-13-5-3-4-6-14(13)19-15/h3-6,11H,7-10,12,17H2,1-2H3. The first-order valence-corrected chi connectivity index (χ1v) is 7.52. The Morgan fingerprint density at radius 2 is 1.86 bits per heavy atom. The summed E-state index contributed by atoms with van der Waals surface area (Å²) < 4.78 is 0. The van der Waals surface area contributed by atoms with Crippen molar-refractivity contribution in [2.75, 3.05) is 37.6 Å². The van der Waals surface area contributed by atoms with Crippen molar-refractivity contribution in [3.63, 3.8) is 0 Å². The minimum atomic E-state index is 0.0658. The van der Waals surface area contributed by atoms with E-state index in [-0.39, 0.29) is 5.54 Å². The lowest BCUT2D eigenvalue weighted by atomic mass is 10.0. The second kappa shape index (κ2) is 5.58. The topological polar surface area (TPSA) is 58.3 Å². The molecule has 1 saturated heterocycles. The van der Waals surface area contributed by atoms with E-state index in [1.165, 1.54) is 0 Å². The predicted molar refractivity (Wildman–Crippen MR) is 86.5 cm³/mol. The van der Waals surface area contributed by atoms with Crippen LogP contribution >= 0.6 is 0 Å². The maximum Gasteiger partial charge on any atom is 0.225 e. The quantitative estimate of drug-likeness (QED) is 0.926. The Hall–Kier alpha value is -1.72. The number of fused-ring (bicyclic) bond motifs is 1. The molecule has 112 valence electrons. The fourth-order valence-corrected chi connectivity index (χ4v) is 2.76. The minimum absolute atomic E-state index is 0.0658. The Balaban J connectivity index is 1.73. The van der Waals surface area contributed by atoms with Gasteiger partial charge in [-0.2, -0.15) is 0 Å². The van der Waals surface area contributed by atoms with Crippen LogP contribution in [0.15, 0.2) is 30.5 Å². The molecule has 5 nitrogen and oxygen atoms in total. The largest absolute Gasteiger partial charge is 0.338 e. The van der Waals surface area contributed by atoms with Crippen molar-refractivity contribution in [1.29, 1.82) is 0 Å². The van der Waals surface area contributed by atoms with Gasteiger partial charge >= 0.3 is 0 Å². The van der Waals surface area contributed by atoms with Crippen LogP contribution < -0.4 is 10.6 Å². The summed E-state index contributed by atoms with van der Waals surface area (Å²) in [4.78, 5) is 13.9. The van der Waals surface area contributed by atoms with E-state index in [4.69, 9.17) is 5.73 Å². The molecule has 1 aromatic heterocycles. The molecule has 2 heterocycles. The van der Waals surface area contributed by atoms with Gasteiger partial charge in [0.2, 0.25) is 5.95 Å². The normalized spacial score (nSPS) is 17.4. The first-order valence-electron chi connectivity index (χ1n) is 7.52. The molecule has 1 aliphatic heterocycles. The molecule has 5 heteroatoms. The second-order valence-electron chi connectivity index (χ2n) is 6.22. The first-order chi connectivity index (χ1) is 10.1. The molecular weight excluding hydrogens is 262 g/mol. The highest BCUT2D eigenvalue weighted by molar-refractivity contribution is 5.78. The Morgan fingerprint density at radius 3 is 2.57 bits per heavy atom. The highest BCUT2D eigenvalue weighted by Crippen LogP contribution is 2.19. The zero-order valence-corrected chi connectivity index (χ0v) is 12.8. The van der Waals surface area contributed by atoms with Crippen molar-refractivity contribution >= 4 is 16.9 Å². The van der Waals surface area contributed by atoms with Crippen LogP contribution in [0, 0.1) is 0 Å². The van der Waals surface area contributed by atoms with Crippen molar-refractivity contribution < 1.29 is 0 Å². The third-order valence-corrected chi connectivity index (χ3v) is 4.39. The number of rotatable bonds is 3. The highest BCUT2D eigenvalue weighted by atomic mass is 15.3. The minimum Gasteiger partial charge on any atom is -0.338 e. The molecule has 1 aliphatic rings. The summed E-state index contributed by atoms with van der Waals surface area (Å²) in [5, 5.41) is 1.09. The Morgan fingerprint density at radius 1 is 1.14 bits per heavy atom. The monoisotopic (exact) mass is 285 g/mol. The molecule has 1 aromatic carbocycles. The number of benzene rings is 1. The van der Waals surface area contributed by atoms with Crippen LogP contribution in [-0.2, 0) is 0 Å². The summed E-state index contributed by atoms with van der Waals surface area (Å²) in [7, 11) is 0. The predicted octanol–water partition coefficient (Wildman–Crippen LogP) is 1.49. The first kappa shape index (κ1) is 14.2. The van der Waals surface area contributed by atoms with Gasteiger partial charge in [-0.3, -0.25) is 4.90 Å². The van der Waals surface area contributed by atoms with Gasteiger partial charge in [0, 0.05) is 49.8 Å². The molecule has 0 saturated carbocycles. The molecular formula is C16H23N5. The van der Waals surface area contributed by atoms with Crippen molar-refractivity contribution in [3.05, 3.63) is 30.5 Å². The van der Waals surface area contributed by atoms with Crippen LogP contribution in [0.1, 0.15) is 13.8 Å². The molecule has 1 fully saturated rings. The average molecular weight is 285 g/mol. The SMILES string of the molecule is CC(C)(CN)N1CCN(c2ncc3ccccc3n2)CC1. The van der Waals surface area contributed by atoms with Gasteiger partial charge in [0.15, 0.2) is 0 Å². The van der Waals surface area contributed by atoms with Crippen LogP contribution in [0.4, 0.5) is 5.95 Å². The van der Waals surface area contributed by atoms with Crippen LogP contribution in [0.3, 0.4) is 0 Å². The number of hydrogen-bond donors (Lipinski definition) is 1. The van der Waals surface area contributed by atoms with Crippen molar-refractivity contribution in [2.24, 2.45) is 5.73 Å². The molecule has 0 spiro atoms. The molecule has 2 aromatic rings. The van der Waals surface area contributed by atoms with Gasteiger partial charge in [-0.25, -0.2) is 9.97 Å². The van der Waals surface area contributed by atoms with Crippen LogP contribution in [0.5, 0.6) is 0 Å². The zero-order valence-electron chi connectivity index (χ0n) is 12.8. The van der Waals surface area contributed by atoms with E-state index in [2.05, 4.69) is 33.6 Å². The Bertz CT molecular complexity index is 617. The molecule has 0 radical (unpaired) electrons. The second-order valence-corrected chi connectivity index (χ2v) is 6.22. The number of anilines is 1. The average Bonchev–Trinajstić information content (AvgIpc) is 2.54. The number of para-hydroxylation sites is 1. The number of nitrogens with zero attached hydrogens (tertiary/aromatic N) is 4. The van der Waals surface area contributed by atoms with Crippen molar-refractivity contribution in [3.8, 4) is 0 Å². The molecule has 0 aliphatic carbocycles. The third kappa shape index (κ3) is 2.84. The van der Waals surface area contributed by atoms with E-state index in [9.17, 15) is 0 Å². The highest BCUT2D eigenvalue weighted by Gasteiger charge is 2.29. The Labute approximate surface area is 125 Å². The van der Waals surface area contributed by atoms with Gasteiger partial charge in [0.1, 0.15) is 0 Å². The maximum atomic E-state index is 5.87. The third-order valence-electron chi connectivity index (χ3n) is 4.39. The summed E-state index contributed by atoms with van der Waals surface area (Å²) >= 11 is 0. The van der Waals surface area contributed by atoms with Crippen LogP contribution in [0.25, 0.3) is 10.9 Å². The zero-order chi connectivity index (χ0) is 14.9. The van der Waals surface area contributed by atoms with Crippen LogP contribution in [-0.4, -0.2) is 53.1 Å². The maximum absolute atomic E-state index is 5.87. The lowest BCUT2D eigenvalue weighted by Gasteiger charge is -2.43. The lowest BCUT2D eigenvalue weighted by Crippen LogP contribution is -2.57. The van der Waals surface area contributed by atoms with E-state index < -0.39 is 0 Å². The molecule has 0 amide bonds. The fraction of sp³-hybridized carbons (Fsp3) is 0.500.